The van der Waals surface area contributed by atoms with Crippen molar-refractivity contribution in [3.63, 3.8) is 0 Å². The fourth-order valence-corrected chi connectivity index (χ4v) is 3.05. The summed E-state index contributed by atoms with van der Waals surface area (Å²) in [4.78, 5) is 17.0. The maximum atomic E-state index is 12.7. The molecule has 4 rings (SSSR count). The summed E-state index contributed by atoms with van der Waals surface area (Å²) in [5, 5.41) is 7.38. The van der Waals surface area contributed by atoms with Crippen LogP contribution in [0.5, 0.6) is 0 Å². The van der Waals surface area contributed by atoms with Crippen LogP contribution in [0.1, 0.15) is 11.6 Å². The van der Waals surface area contributed by atoms with Crippen molar-refractivity contribution in [2.75, 3.05) is 0 Å². The van der Waals surface area contributed by atoms with Crippen LogP contribution in [0.3, 0.4) is 0 Å². The summed E-state index contributed by atoms with van der Waals surface area (Å²) in [5.74, 6) is -0.0610. The molecule has 0 fully saturated rings. The van der Waals surface area contributed by atoms with Gasteiger partial charge in [0, 0.05) is 12.4 Å². The molecule has 0 saturated heterocycles. The number of nitrogens with one attached hydrogen (secondary N) is 1. The number of fused-ring (bicyclic) bond motifs is 1. The van der Waals surface area contributed by atoms with Gasteiger partial charge in [0.15, 0.2) is 0 Å². The molecule has 1 N–H and O–H groups in total. The van der Waals surface area contributed by atoms with Crippen LogP contribution < -0.4 is 5.32 Å². The molecule has 130 valence electrons. The SMILES string of the molecule is O=C(Cn1cnc2ccccc21)N[C@@H](Cn1cccn1)c1ccccc1. The Balaban J connectivity index is 1.52. The largest absolute Gasteiger partial charge is 0.346 e. The van der Waals surface area contributed by atoms with Crippen molar-refractivity contribution in [2.45, 2.75) is 19.1 Å². The monoisotopic (exact) mass is 345 g/mol. The number of aromatic nitrogens is 4. The molecule has 0 saturated carbocycles. The van der Waals surface area contributed by atoms with E-state index in [-0.39, 0.29) is 18.5 Å². The van der Waals surface area contributed by atoms with E-state index >= 15 is 0 Å². The van der Waals surface area contributed by atoms with E-state index in [0.717, 1.165) is 16.6 Å². The molecule has 0 radical (unpaired) electrons. The van der Waals surface area contributed by atoms with Gasteiger partial charge in [0.05, 0.1) is 29.9 Å². The van der Waals surface area contributed by atoms with E-state index in [9.17, 15) is 4.79 Å². The molecule has 0 spiro atoms. The number of carbonyl (C=O) groups is 1. The Morgan fingerprint density at radius 2 is 1.85 bits per heavy atom. The summed E-state index contributed by atoms with van der Waals surface area (Å²) < 4.78 is 3.69. The molecule has 26 heavy (non-hydrogen) atoms. The molecule has 0 aliphatic carbocycles. The van der Waals surface area contributed by atoms with Crippen LogP contribution in [-0.4, -0.2) is 25.2 Å². The Morgan fingerprint density at radius 1 is 1.04 bits per heavy atom. The molecular formula is C20H19N5O. The van der Waals surface area contributed by atoms with E-state index in [4.69, 9.17) is 0 Å². The first-order chi connectivity index (χ1) is 12.8. The average Bonchev–Trinajstić information content (AvgIpc) is 3.32. The van der Waals surface area contributed by atoms with E-state index in [1.54, 1.807) is 12.5 Å². The number of rotatable bonds is 6. The highest BCUT2D eigenvalue weighted by Gasteiger charge is 2.16. The minimum absolute atomic E-state index is 0.0610. The highest BCUT2D eigenvalue weighted by atomic mass is 16.2. The highest BCUT2D eigenvalue weighted by Crippen LogP contribution is 2.16. The van der Waals surface area contributed by atoms with Crippen LogP contribution >= 0.6 is 0 Å². The van der Waals surface area contributed by atoms with Crippen LogP contribution in [0, 0.1) is 0 Å². The Labute approximate surface area is 151 Å². The number of hydrogen-bond donors (Lipinski definition) is 1. The number of nitrogens with zero attached hydrogens (tertiary/aromatic N) is 4. The summed E-state index contributed by atoms with van der Waals surface area (Å²) in [6, 6.07) is 19.5. The van der Waals surface area contributed by atoms with E-state index in [2.05, 4.69) is 15.4 Å². The maximum Gasteiger partial charge on any atom is 0.240 e. The summed E-state index contributed by atoms with van der Waals surface area (Å²) in [5.41, 5.74) is 2.88. The van der Waals surface area contributed by atoms with Gasteiger partial charge in [-0.15, -0.1) is 0 Å². The smallest absolute Gasteiger partial charge is 0.240 e. The average molecular weight is 345 g/mol. The van der Waals surface area contributed by atoms with E-state index in [1.165, 1.54) is 0 Å². The van der Waals surface area contributed by atoms with E-state index in [0.29, 0.717) is 6.54 Å². The minimum Gasteiger partial charge on any atom is -0.346 e. The van der Waals surface area contributed by atoms with Gasteiger partial charge in [0.1, 0.15) is 6.54 Å². The molecule has 6 heteroatoms. The summed E-state index contributed by atoms with van der Waals surface area (Å²) >= 11 is 0. The van der Waals surface area contributed by atoms with Gasteiger partial charge in [-0.2, -0.15) is 5.10 Å². The Morgan fingerprint density at radius 3 is 2.65 bits per heavy atom. The fraction of sp³-hybridized carbons (Fsp3) is 0.150. The number of carbonyl (C=O) groups excluding carboxylic acids is 1. The van der Waals surface area contributed by atoms with Crippen molar-refractivity contribution in [1.29, 1.82) is 0 Å². The van der Waals surface area contributed by atoms with Crippen LogP contribution in [0.15, 0.2) is 79.4 Å². The molecule has 0 aliphatic heterocycles. The van der Waals surface area contributed by atoms with Gasteiger partial charge in [0.25, 0.3) is 0 Å². The van der Waals surface area contributed by atoms with Crippen LogP contribution in [0.25, 0.3) is 11.0 Å². The second kappa shape index (κ2) is 7.23. The number of imidazole rings is 1. The quantitative estimate of drug-likeness (QED) is 0.584. The van der Waals surface area contributed by atoms with Gasteiger partial charge >= 0.3 is 0 Å². The van der Waals surface area contributed by atoms with Crippen molar-refractivity contribution in [2.24, 2.45) is 0 Å². The second-order valence-electron chi connectivity index (χ2n) is 6.12. The lowest BCUT2D eigenvalue weighted by atomic mass is 10.1. The lowest BCUT2D eigenvalue weighted by Gasteiger charge is -2.19. The van der Waals surface area contributed by atoms with Gasteiger partial charge in [-0.1, -0.05) is 42.5 Å². The topological polar surface area (TPSA) is 64.7 Å². The van der Waals surface area contributed by atoms with Crippen LogP contribution in [0.2, 0.25) is 0 Å². The molecule has 1 atom stereocenters. The Hall–Kier alpha value is -3.41. The molecule has 0 unspecified atom stereocenters. The first-order valence-corrected chi connectivity index (χ1v) is 8.51. The lowest BCUT2D eigenvalue weighted by molar-refractivity contribution is -0.122. The molecule has 0 bridgehead atoms. The van der Waals surface area contributed by atoms with Gasteiger partial charge in [-0.3, -0.25) is 9.48 Å². The summed E-state index contributed by atoms with van der Waals surface area (Å²) in [7, 11) is 0. The van der Waals surface area contributed by atoms with Gasteiger partial charge in [-0.05, 0) is 23.8 Å². The number of benzene rings is 2. The third-order valence-electron chi connectivity index (χ3n) is 4.31. The molecule has 6 nitrogen and oxygen atoms in total. The maximum absolute atomic E-state index is 12.7. The fourth-order valence-electron chi connectivity index (χ4n) is 3.05. The van der Waals surface area contributed by atoms with E-state index in [1.807, 2.05) is 76.1 Å². The predicted octanol–water partition coefficient (Wildman–Crippen LogP) is 2.79. The van der Waals surface area contributed by atoms with Crippen molar-refractivity contribution in [1.82, 2.24) is 24.6 Å². The van der Waals surface area contributed by atoms with Crippen LogP contribution in [0.4, 0.5) is 0 Å². The Kier molecular flexibility index (Phi) is 4.47. The highest BCUT2D eigenvalue weighted by molar-refractivity contribution is 5.80. The summed E-state index contributed by atoms with van der Waals surface area (Å²) in [6.45, 7) is 0.802. The minimum atomic E-state index is -0.154. The molecule has 4 aromatic rings. The van der Waals surface area contributed by atoms with Crippen molar-refractivity contribution < 1.29 is 4.79 Å². The standard InChI is InChI=1S/C20H19N5O/c26-20(14-24-15-21-17-9-4-5-10-19(17)24)23-18(13-25-12-6-11-22-25)16-7-2-1-3-8-16/h1-12,15,18H,13-14H2,(H,23,26)/t18-/m0/s1. The van der Waals surface area contributed by atoms with Crippen LogP contribution in [-0.2, 0) is 17.9 Å². The molecule has 2 heterocycles. The number of amides is 1. The first kappa shape index (κ1) is 16.1. The zero-order chi connectivity index (χ0) is 17.8. The molecular weight excluding hydrogens is 326 g/mol. The number of para-hydroxylation sites is 2. The normalized spacial score (nSPS) is 12.2. The zero-order valence-electron chi connectivity index (χ0n) is 14.2. The van der Waals surface area contributed by atoms with E-state index < -0.39 is 0 Å². The predicted molar refractivity (Wildman–Crippen MR) is 99.3 cm³/mol. The van der Waals surface area contributed by atoms with Crippen molar-refractivity contribution in [3.05, 3.63) is 84.9 Å². The molecule has 2 aromatic carbocycles. The first-order valence-electron chi connectivity index (χ1n) is 8.51. The third kappa shape index (κ3) is 3.49. The zero-order valence-corrected chi connectivity index (χ0v) is 14.2. The lowest BCUT2D eigenvalue weighted by Crippen LogP contribution is -2.34. The summed E-state index contributed by atoms with van der Waals surface area (Å²) in [6.07, 6.45) is 5.34. The van der Waals surface area contributed by atoms with Gasteiger partial charge < -0.3 is 9.88 Å². The second-order valence-corrected chi connectivity index (χ2v) is 6.12. The third-order valence-corrected chi connectivity index (χ3v) is 4.31. The molecule has 1 amide bonds. The van der Waals surface area contributed by atoms with Crippen molar-refractivity contribution >= 4 is 16.9 Å². The van der Waals surface area contributed by atoms with Gasteiger partial charge in [-0.25, -0.2) is 4.98 Å². The van der Waals surface area contributed by atoms with Gasteiger partial charge in [0.2, 0.25) is 5.91 Å². The number of hydrogen-bond acceptors (Lipinski definition) is 3. The Bertz CT molecular complexity index is 991. The van der Waals surface area contributed by atoms with Crippen molar-refractivity contribution in [3.8, 4) is 0 Å². The molecule has 2 aromatic heterocycles. The molecule has 0 aliphatic rings.